The molecular formula is C28H32F6N2. The van der Waals surface area contributed by atoms with Crippen LogP contribution in [-0.2, 0) is 24.2 Å². The smallest absolute Gasteiger partial charge is 0.300 e. The quantitative estimate of drug-likeness (QED) is 0.286. The van der Waals surface area contributed by atoms with Gasteiger partial charge in [-0.25, -0.2) is 0 Å². The molecule has 196 valence electrons. The number of nitrogens with zero attached hydrogens (tertiary/aromatic N) is 2. The highest BCUT2D eigenvalue weighted by Gasteiger charge is 2.54. The number of rotatable bonds is 11. The molecule has 0 radical (unpaired) electrons. The van der Waals surface area contributed by atoms with Crippen LogP contribution in [0.2, 0.25) is 0 Å². The van der Waals surface area contributed by atoms with Gasteiger partial charge in [-0.05, 0) is 74.2 Å². The summed E-state index contributed by atoms with van der Waals surface area (Å²) in [5.41, 5.74) is -4.28. The molecule has 3 rings (SSSR count). The molecule has 2 nitrogen and oxygen atoms in total. The molecule has 2 unspecified atom stereocenters. The summed E-state index contributed by atoms with van der Waals surface area (Å²) in [6.45, 7) is 5.37. The second kappa shape index (κ2) is 11.2. The Morgan fingerprint density at radius 1 is 0.917 bits per heavy atom. The van der Waals surface area contributed by atoms with Gasteiger partial charge in [0, 0.05) is 12.6 Å². The molecule has 8 heteroatoms. The van der Waals surface area contributed by atoms with Crippen LogP contribution in [0.15, 0.2) is 48.5 Å². The Morgan fingerprint density at radius 2 is 1.50 bits per heavy atom. The van der Waals surface area contributed by atoms with Crippen LogP contribution in [-0.4, -0.2) is 24.0 Å². The third-order valence-corrected chi connectivity index (χ3v) is 7.39. The largest absolute Gasteiger partial charge is 0.416 e. The van der Waals surface area contributed by atoms with E-state index >= 15 is 0 Å². The maximum Gasteiger partial charge on any atom is 0.416 e. The summed E-state index contributed by atoms with van der Waals surface area (Å²) in [5.74, 6) is -0.524. The summed E-state index contributed by atoms with van der Waals surface area (Å²) < 4.78 is 83.9. The van der Waals surface area contributed by atoms with E-state index in [1.165, 1.54) is 0 Å². The molecule has 1 fully saturated rings. The molecule has 0 amide bonds. The lowest BCUT2D eigenvalue weighted by Gasteiger charge is -2.36. The van der Waals surface area contributed by atoms with Crippen molar-refractivity contribution in [3.8, 4) is 6.07 Å². The molecule has 2 aromatic carbocycles. The molecule has 0 N–H and O–H groups in total. The molecule has 2 aromatic rings. The average molecular weight is 511 g/mol. The van der Waals surface area contributed by atoms with E-state index in [0.717, 1.165) is 24.6 Å². The molecule has 0 saturated heterocycles. The Kier molecular flexibility index (Phi) is 8.76. The van der Waals surface area contributed by atoms with Crippen molar-refractivity contribution in [1.82, 2.24) is 4.90 Å². The molecule has 0 aromatic heterocycles. The number of likely N-dealkylation sites (N-methyl/N-ethyl adjacent to an activating group) is 1. The van der Waals surface area contributed by atoms with Gasteiger partial charge in [-0.2, -0.15) is 31.6 Å². The van der Waals surface area contributed by atoms with Crippen molar-refractivity contribution >= 4 is 0 Å². The first-order chi connectivity index (χ1) is 17.0. The molecule has 0 aliphatic heterocycles. The molecular weight excluding hydrogens is 478 g/mol. The van der Waals surface area contributed by atoms with Gasteiger partial charge in [0.1, 0.15) is 0 Å². The molecule has 0 heterocycles. The van der Waals surface area contributed by atoms with Gasteiger partial charge in [0.2, 0.25) is 0 Å². The predicted octanol–water partition coefficient (Wildman–Crippen LogP) is 8.02. The number of benzene rings is 2. The molecule has 2 atom stereocenters. The molecule has 1 saturated carbocycles. The fraction of sp³-hybridized carbons (Fsp3) is 0.536. The molecule has 1 aliphatic carbocycles. The third-order valence-electron chi connectivity index (χ3n) is 7.39. The van der Waals surface area contributed by atoms with Gasteiger partial charge in [0.25, 0.3) is 0 Å². The second-order valence-corrected chi connectivity index (χ2v) is 9.55. The standard InChI is InChI=1S/C28H32F6N2/c1-3-22(36(4-2)18-16-20-9-6-5-7-10-20)15-17-26(19-35,21-13-14-21)25-23(27(29,30)31)11-8-12-24(25)28(32,33)34/h5-12,21-22H,3-4,13-18H2,1-2H3. The highest BCUT2D eigenvalue weighted by molar-refractivity contribution is 5.49. The lowest BCUT2D eigenvalue weighted by atomic mass is 9.69. The predicted molar refractivity (Wildman–Crippen MR) is 127 cm³/mol. The number of hydrogen-bond donors (Lipinski definition) is 0. The van der Waals surface area contributed by atoms with Crippen molar-refractivity contribution in [3.63, 3.8) is 0 Å². The molecule has 36 heavy (non-hydrogen) atoms. The van der Waals surface area contributed by atoms with Crippen LogP contribution < -0.4 is 0 Å². The summed E-state index contributed by atoms with van der Waals surface area (Å²) in [6, 6.07) is 14.0. The minimum atomic E-state index is -5.00. The van der Waals surface area contributed by atoms with E-state index in [4.69, 9.17) is 0 Å². The molecule has 0 spiro atoms. The zero-order chi connectivity index (χ0) is 26.6. The minimum Gasteiger partial charge on any atom is -0.300 e. The summed E-state index contributed by atoms with van der Waals surface area (Å²) in [7, 11) is 0. The van der Waals surface area contributed by atoms with Crippen molar-refractivity contribution in [2.45, 2.75) is 76.2 Å². The van der Waals surface area contributed by atoms with Crippen LogP contribution in [0.3, 0.4) is 0 Å². The normalized spacial score (nSPS) is 17.0. The Hall–Kier alpha value is -2.53. The first-order valence-corrected chi connectivity index (χ1v) is 12.4. The fourth-order valence-corrected chi connectivity index (χ4v) is 5.37. The summed E-state index contributed by atoms with van der Waals surface area (Å²) in [4.78, 5) is 2.21. The van der Waals surface area contributed by atoms with E-state index < -0.39 is 40.4 Å². The van der Waals surface area contributed by atoms with Gasteiger partial charge < -0.3 is 4.90 Å². The van der Waals surface area contributed by atoms with Gasteiger partial charge >= 0.3 is 12.4 Å². The average Bonchev–Trinajstić information content (AvgIpc) is 3.69. The van der Waals surface area contributed by atoms with Crippen molar-refractivity contribution in [2.75, 3.05) is 13.1 Å². The number of alkyl halides is 6. The number of hydrogen-bond acceptors (Lipinski definition) is 2. The first kappa shape index (κ1) is 28.0. The van der Waals surface area contributed by atoms with Crippen LogP contribution in [0.5, 0.6) is 0 Å². The summed E-state index contributed by atoms with van der Waals surface area (Å²) >= 11 is 0. The number of halogens is 6. The maximum absolute atomic E-state index is 14.0. The van der Waals surface area contributed by atoms with Gasteiger partial charge in [-0.15, -0.1) is 0 Å². The molecule has 1 aliphatic rings. The lowest BCUT2D eigenvalue weighted by Crippen LogP contribution is -2.39. The molecule has 0 bridgehead atoms. The van der Waals surface area contributed by atoms with Crippen LogP contribution in [0.4, 0.5) is 26.3 Å². The fourth-order valence-electron chi connectivity index (χ4n) is 5.37. The van der Waals surface area contributed by atoms with Crippen LogP contribution in [0, 0.1) is 17.2 Å². The van der Waals surface area contributed by atoms with Gasteiger partial charge in [-0.3, -0.25) is 0 Å². The van der Waals surface area contributed by atoms with E-state index in [1.807, 2.05) is 50.2 Å². The van der Waals surface area contributed by atoms with Gasteiger partial charge in [0.15, 0.2) is 0 Å². The zero-order valence-electron chi connectivity index (χ0n) is 20.6. The zero-order valence-corrected chi connectivity index (χ0v) is 20.6. The topological polar surface area (TPSA) is 27.0 Å². The van der Waals surface area contributed by atoms with Crippen LogP contribution in [0.25, 0.3) is 0 Å². The first-order valence-electron chi connectivity index (χ1n) is 12.4. The monoisotopic (exact) mass is 510 g/mol. The summed E-state index contributed by atoms with van der Waals surface area (Å²) in [6.07, 6.45) is -7.35. The van der Waals surface area contributed by atoms with E-state index in [0.29, 0.717) is 44.4 Å². The Morgan fingerprint density at radius 3 is 1.94 bits per heavy atom. The van der Waals surface area contributed by atoms with Crippen LogP contribution >= 0.6 is 0 Å². The minimum absolute atomic E-state index is 0.0509. The van der Waals surface area contributed by atoms with E-state index in [1.54, 1.807) is 0 Å². The van der Waals surface area contributed by atoms with E-state index in [2.05, 4.69) is 4.90 Å². The Balaban J connectivity index is 1.95. The maximum atomic E-state index is 14.0. The highest BCUT2D eigenvalue weighted by atomic mass is 19.4. The lowest BCUT2D eigenvalue weighted by molar-refractivity contribution is -0.145. The van der Waals surface area contributed by atoms with Gasteiger partial charge in [0.05, 0.1) is 22.6 Å². The second-order valence-electron chi connectivity index (χ2n) is 9.55. The third kappa shape index (κ3) is 6.23. The Labute approximate surface area is 208 Å². The summed E-state index contributed by atoms with van der Waals surface area (Å²) in [5, 5.41) is 10.3. The van der Waals surface area contributed by atoms with Gasteiger partial charge in [-0.1, -0.05) is 50.2 Å². The van der Waals surface area contributed by atoms with E-state index in [-0.39, 0.29) is 12.5 Å². The number of nitriles is 1. The van der Waals surface area contributed by atoms with Crippen molar-refractivity contribution in [2.24, 2.45) is 5.92 Å². The van der Waals surface area contributed by atoms with E-state index in [9.17, 15) is 31.6 Å². The van der Waals surface area contributed by atoms with Crippen molar-refractivity contribution in [1.29, 1.82) is 5.26 Å². The van der Waals surface area contributed by atoms with Crippen molar-refractivity contribution < 1.29 is 26.3 Å². The highest BCUT2D eigenvalue weighted by Crippen LogP contribution is 2.55. The SMILES string of the molecule is CCC(CCC(C#N)(c1c(C(F)(F)F)cccc1C(F)(F)F)C1CC1)N(CC)CCc1ccccc1. The van der Waals surface area contributed by atoms with Crippen LogP contribution in [0.1, 0.15) is 68.2 Å². The van der Waals surface area contributed by atoms with Crippen molar-refractivity contribution in [3.05, 3.63) is 70.8 Å². The Bertz CT molecular complexity index is 1000.